The van der Waals surface area contributed by atoms with Crippen LogP contribution in [0.2, 0.25) is 0 Å². The van der Waals surface area contributed by atoms with E-state index in [1.165, 1.54) is 23.3 Å². The molecule has 90 valence electrons. The van der Waals surface area contributed by atoms with Gasteiger partial charge in [-0.05, 0) is 52.7 Å². The molecule has 0 unspecified atom stereocenters. The summed E-state index contributed by atoms with van der Waals surface area (Å²) in [5.74, 6) is 0. The second-order valence-corrected chi connectivity index (χ2v) is 4.98. The first-order valence-corrected chi connectivity index (χ1v) is 6.60. The van der Waals surface area contributed by atoms with Crippen molar-refractivity contribution in [3.05, 3.63) is 29.8 Å². The molecule has 0 saturated carbocycles. The Balaban J connectivity index is 2.01. The van der Waals surface area contributed by atoms with Gasteiger partial charge in [-0.15, -0.1) is 5.10 Å². The minimum Gasteiger partial charge on any atom is -0.223 e. The standard InChI is InChI=1S/C12H16N4S/c1-3-4-5-10-6-8-11(9-7-10)17-12-13-14-15-16(12)2/h6-9H,3-5H2,1-2H3. The zero-order chi connectivity index (χ0) is 12.1. The van der Waals surface area contributed by atoms with E-state index >= 15 is 0 Å². The third kappa shape index (κ3) is 3.30. The molecular weight excluding hydrogens is 232 g/mol. The topological polar surface area (TPSA) is 43.6 Å². The van der Waals surface area contributed by atoms with Gasteiger partial charge >= 0.3 is 0 Å². The van der Waals surface area contributed by atoms with Crippen molar-refractivity contribution >= 4 is 11.8 Å². The van der Waals surface area contributed by atoms with Gasteiger partial charge in [-0.2, -0.15) is 0 Å². The predicted octanol–water partition coefficient (Wildman–Crippen LogP) is 2.70. The van der Waals surface area contributed by atoms with Crippen LogP contribution in [-0.4, -0.2) is 20.2 Å². The molecule has 0 aliphatic carbocycles. The Labute approximate surface area is 105 Å². The number of hydrogen-bond acceptors (Lipinski definition) is 4. The lowest BCUT2D eigenvalue weighted by Gasteiger charge is -2.02. The summed E-state index contributed by atoms with van der Waals surface area (Å²) in [6.07, 6.45) is 3.65. The first-order valence-electron chi connectivity index (χ1n) is 5.78. The zero-order valence-electron chi connectivity index (χ0n) is 10.1. The van der Waals surface area contributed by atoms with Crippen molar-refractivity contribution in [1.82, 2.24) is 20.2 Å². The van der Waals surface area contributed by atoms with E-state index in [-0.39, 0.29) is 0 Å². The van der Waals surface area contributed by atoms with Crippen molar-refractivity contribution in [3.63, 3.8) is 0 Å². The van der Waals surface area contributed by atoms with Crippen molar-refractivity contribution in [2.24, 2.45) is 7.05 Å². The van der Waals surface area contributed by atoms with E-state index in [2.05, 4.69) is 46.7 Å². The molecule has 2 rings (SSSR count). The number of rotatable bonds is 5. The molecule has 5 heteroatoms. The van der Waals surface area contributed by atoms with E-state index in [1.807, 2.05) is 7.05 Å². The molecular formula is C12H16N4S. The van der Waals surface area contributed by atoms with Gasteiger partial charge in [0.15, 0.2) is 0 Å². The Hall–Kier alpha value is -1.36. The highest BCUT2D eigenvalue weighted by molar-refractivity contribution is 7.99. The van der Waals surface area contributed by atoms with Gasteiger partial charge in [-0.1, -0.05) is 25.5 Å². The highest BCUT2D eigenvalue weighted by Crippen LogP contribution is 2.25. The summed E-state index contributed by atoms with van der Waals surface area (Å²) in [6.45, 7) is 2.21. The van der Waals surface area contributed by atoms with E-state index in [0.717, 1.165) is 11.6 Å². The van der Waals surface area contributed by atoms with Gasteiger partial charge in [-0.25, -0.2) is 4.68 Å². The van der Waals surface area contributed by atoms with Crippen LogP contribution >= 0.6 is 11.8 Å². The maximum absolute atomic E-state index is 3.95. The fourth-order valence-corrected chi connectivity index (χ4v) is 2.25. The number of benzene rings is 1. The van der Waals surface area contributed by atoms with Crippen LogP contribution < -0.4 is 0 Å². The highest BCUT2D eigenvalue weighted by atomic mass is 32.2. The molecule has 1 aromatic heterocycles. The largest absolute Gasteiger partial charge is 0.223 e. The van der Waals surface area contributed by atoms with Crippen molar-refractivity contribution < 1.29 is 0 Å². The van der Waals surface area contributed by atoms with Gasteiger partial charge in [0.1, 0.15) is 0 Å². The number of unbranched alkanes of at least 4 members (excludes halogenated alkanes) is 1. The molecule has 0 bridgehead atoms. The van der Waals surface area contributed by atoms with Crippen LogP contribution in [0.25, 0.3) is 0 Å². The molecule has 2 aromatic rings. The van der Waals surface area contributed by atoms with Crippen LogP contribution in [0.1, 0.15) is 25.3 Å². The molecule has 0 saturated heterocycles. The van der Waals surface area contributed by atoms with Crippen LogP contribution in [0.5, 0.6) is 0 Å². The van der Waals surface area contributed by atoms with Crippen LogP contribution in [0, 0.1) is 0 Å². The number of tetrazole rings is 1. The summed E-state index contributed by atoms with van der Waals surface area (Å²) in [7, 11) is 1.85. The molecule has 0 N–H and O–H groups in total. The molecule has 0 radical (unpaired) electrons. The first-order chi connectivity index (χ1) is 8.29. The second kappa shape index (κ2) is 5.82. The second-order valence-electron chi connectivity index (χ2n) is 3.93. The van der Waals surface area contributed by atoms with Gasteiger partial charge in [0, 0.05) is 11.9 Å². The molecule has 0 spiro atoms. The Bertz CT molecular complexity index is 464. The molecule has 0 aliphatic heterocycles. The van der Waals surface area contributed by atoms with E-state index in [9.17, 15) is 0 Å². The van der Waals surface area contributed by atoms with E-state index in [4.69, 9.17) is 0 Å². The SMILES string of the molecule is CCCCc1ccc(Sc2nnnn2C)cc1. The molecule has 0 fully saturated rings. The minimum atomic E-state index is 0.811. The van der Waals surface area contributed by atoms with Crippen LogP contribution in [0.15, 0.2) is 34.3 Å². The van der Waals surface area contributed by atoms with Gasteiger partial charge in [0.2, 0.25) is 5.16 Å². The molecule has 1 heterocycles. The summed E-state index contributed by atoms with van der Waals surface area (Å²) >= 11 is 1.58. The summed E-state index contributed by atoms with van der Waals surface area (Å²) < 4.78 is 1.68. The molecule has 1 aromatic carbocycles. The molecule has 0 atom stereocenters. The number of aryl methyl sites for hydroxylation is 2. The van der Waals surface area contributed by atoms with E-state index < -0.39 is 0 Å². The van der Waals surface area contributed by atoms with E-state index in [1.54, 1.807) is 16.4 Å². The average molecular weight is 248 g/mol. The predicted molar refractivity (Wildman–Crippen MR) is 68.0 cm³/mol. The third-order valence-electron chi connectivity index (χ3n) is 2.53. The zero-order valence-corrected chi connectivity index (χ0v) is 10.9. The molecule has 4 nitrogen and oxygen atoms in total. The van der Waals surface area contributed by atoms with E-state index in [0.29, 0.717) is 0 Å². The Morgan fingerprint density at radius 3 is 2.59 bits per heavy atom. The minimum absolute atomic E-state index is 0.811. The summed E-state index contributed by atoms with van der Waals surface area (Å²) in [6, 6.07) is 8.62. The van der Waals surface area contributed by atoms with Crippen LogP contribution in [-0.2, 0) is 13.5 Å². The maximum atomic E-state index is 3.95. The van der Waals surface area contributed by atoms with Crippen molar-refractivity contribution in [2.45, 2.75) is 36.2 Å². The molecule has 0 amide bonds. The number of hydrogen-bond donors (Lipinski definition) is 0. The fourth-order valence-electron chi connectivity index (χ4n) is 1.52. The molecule has 17 heavy (non-hydrogen) atoms. The first kappa shape index (κ1) is 12.1. The van der Waals surface area contributed by atoms with Gasteiger partial charge in [0.25, 0.3) is 0 Å². The molecule has 0 aliphatic rings. The van der Waals surface area contributed by atoms with Gasteiger partial charge in [-0.3, -0.25) is 0 Å². The quantitative estimate of drug-likeness (QED) is 0.816. The average Bonchev–Trinajstić information content (AvgIpc) is 2.74. The third-order valence-corrected chi connectivity index (χ3v) is 3.57. The van der Waals surface area contributed by atoms with Crippen molar-refractivity contribution in [3.8, 4) is 0 Å². The summed E-state index contributed by atoms with van der Waals surface area (Å²) in [4.78, 5) is 1.17. The summed E-state index contributed by atoms with van der Waals surface area (Å²) in [5, 5.41) is 12.2. The van der Waals surface area contributed by atoms with Crippen LogP contribution in [0.4, 0.5) is 0 Å². The fraction of sp³-hybridized carbons (Fsp3) is 0.417. The highest BCUT2D eigenvalue weighted by Gasteiger charge is 2.04. The Morgan fingerprint density at radius 1 is 1.24 bits per heavy atom. The van der Waals surface area contributed by atoms with Gasteiger partial charge < -0.3 is 0 Å². The number of nitrogens with zero attached hydrogens (tertiary/aromatic N) is 4. The lowest BCUT2D eigenvalue weighted by Crippen LogP contribution is -1.92. The monoisotopic (exact) mass is 248 g/mol. The smallest absolute Gasteiger partial charge is 0.213 e. The summed E-state index contributed by atoms with van der Waals surface area (Å²) in [5.41, 5.74) is 1.40. The Kier molecular flexibility index (Phi) is 4.14. The number of aromatic nitrogens is 4. The maximum Gasteiger partial charge on any atom is 0.213 e. The van der Waals surface area contributed by atoms with Gasteiger partial charge in [0.05, 0.1) is 0 Å². The lowest BCUT2D eigenvalue weighted by atomic mass is 10.1. The van der Waals surface area contributed by atoms with Crippen molar-refractivity contribution in [1.29, 1.82) is 0 Å². The van der Waals surface area contributed by atoms with Crippen molar-refractivity contribution in [2.75, 3.05) is 0 Å². The van der Waals surface area contributed by atoms with Crippen LogP contribution in [0.3, 0.4) is 0 Å². The Morgan fingerprint density at radius 2 is 2.00 bits per heavy atom. The lowest BCUT2D eigenvalue weighted by molar-refractivity contribution is 0.664. The normalized spacial score (nSPS) is 10.7.